The van der Waals surface area contributed by atoms with E-state index in [0.717, 1.165) is 17.7 Å². The summed E-state index contributed by atoms with van der Waals surface area (Å²) in [4.78, 5) is 24.2. The van der Waals surface area contributed by atoms with Crippen LogP contribution in [0.3, 0.4) is 0 Å². The normalized spacial score (nSPS) is 26.1. The highest BCUT2D eigenvalue weighted by molar-refractivity contribution is 7.09. The Morgan fingerprint density at radius 2 is 2.37 bits per heavy atom. The van der Waals surface area contributed by atoms with Crippen LogP contribution < -0.4 is 10.6 Å². The van der Waals surface area contributed by atoms with Gasteiger partial charge in [-0.2, -0.15) is 0 Å². The quantitative estimate of drug-likeness (QED) is 0.792. The number of aliphatic carboxylic acids is 1. The molecule has 1 aliphatic carbocycles. The average Bonchev–Trinajstić information content (AvgIpc) is 2.98. The lowest BCUT2D eigenvalue weighted by Gasteiger charge is -2.27. The number of urea groups is 1. The number of rotatable bonds is 4. The van der Waals surface area contributed by atoms with Crippen LogP contribution in [0.4, 0.5) is 4.79 Å². The SMILES string of the molecule is CC1(C(=O)O)CCCC1NC(=O)NCc1cccs1. The molecule has 1 aliphatic rings. The zero-order valence-electron chi connectivity index (χ0n) is 10.8. The lowest BCUT2D eigenvalue weighted by atomic mass is 9.85. The Hall–Kier alpha value is -1.56. The van der Waals surface area contributed by atoms with Crippen LogP contribution in [-0.4, -0.2) is 23.1 Å². The standard InChI is InChI=1S/C13H18N2O3S/c1-13(11(16)17)6-2-5-10(13)15-12(18)14-8-9-4-3-7-19-9/h3-4,7,10H,2,5-6,8H2,1H3,(H,16,17)(H2,14,15,18). The van der Waals surface area contributed by atoms with E-state index in [1.165, 1.54) is 0 Å². The van der Waals surface area contributed by atoms with E-state index in [-0.39, 0.29) is 12.1 Å². The van der Waals surface area contributed by atoms with Crippen molar-refractivity contribution in [2.75, 3.05) is 0 Å². The zero-order valence-corrected chi connectivity index (χ0v) is 11.6. The molecule has 104 valence electrons. The van der Waals surface area contributed by atoms with Gasteiger partial charge < -0.3 is 15.7 Å². The van der Waals surface area contributed by atoms with Crippen molar-refractivity contribution in [3.05, 3.63) is 22.4 Å². The van der Waals surface area contributed by atoms with Gasteiger partial charge in [0.25, 0.3) is 0 Å². The summed E-state index contributed by atoms with van der Waals surface area (Å²) in [5.41, 5.74) is -0.847. The molecule has 3 N–H and O–H groups in total. The smallest absolute Gasteiger partial charge is 0.315 e. The van der Waals surface area contributed by atoms with Crippen molar-refractivity contribution in [2.24, 2.45) is 5.41 Å². The third-order valence-electron chi connectivity index (χ3n) is 3.76. The molecule has 2 rings (SSSR count). The van der Waals surface area contributed by atoms with Gasteiger partial charge in [0.05, 0.1) is 12.0 Å². The van der Waals surface area contributed by atoms with Gasteiger partial charge in [-0.1, -0.05) is 12.5 Å². The van der Waals surface area contributed by atoms with E-state index in [1.807, 2.05) is 17.5 Å². The Labute approximate surface area is 116 Å². The number of carboxylic acids is 1. The zero-order chi connectivity index (χ0) is 13.9. The van der Waals surface area contributed by atoms with E-state index in [0.29, 0.717) is 13.0 Å². The Bertz CT molecular complexity index is 460. The number of carboxylic acid groups (broad SMARTS) is 1. The summed E-state index contributed by atoms with van der Waals surface area (Å²) in [6.07, 6.45) is 2.16. The number of carbonyl (C=O) groups excluding carboxylic acids is 1. The summed E-state index contributed by atoms with van der Waals surface area (Å²) < 4.78 is 0. The van der Waals surface area contributed by atoms with Gasteiger partial charge in [0.2, 0.25) is 0 Å². The molecule has 1 aromatic rings. The molecule has 1 fully saturated rings. The van der Waals surface area contributed by atoms with Crippen molar-refractivity contribution in [2.45, 2.75) is 38.8 Å². The van der Waals surface area contributed by atoms with Gasteiger partial charge in [0, 0.05) is 10.9 Å². The van der Waals surface area contributed by atoms with Crippen LogP contribution in [0, 0.1) is 5.41 Å². The van der Waals surface area contributed by atoms with Crippen molar-refractivity contribution in [3.63, 3.8) is 0 Å². The van der Waals surface area contributed by atoms with Crippen molar-refractivity contribution in [1.29, 1.82) is 0 Å². The first kappa shape index (κ1) is 13.9. The van der Waals surface area contributed by atoms with E-state index in [2.05, 4.69) is 10.6 Å². The Balaban J connectivity index is 1.86. The van der Waals surface area contributed by atoms with Gasteiger partial charge in [-0.15, -0.1) is 11.3 Å². The molecular formula is C13H18N2O3S. The molecule has 0 bridgehead atoms. The van der Waals surface area contributed by atoms with Crippen LogP contribution >= 0.6 is 11.3 Å². The summed E-state index contributed by atoms with van der Waals surface area (Å²) in [7, 11) is 0. The van der Waals surface area contributed by atoms with Crippen LogP contribution in [0.15, 0.2) is 17.5 Å². The molecule has 6 heteroatoms. The van der Waals surface area contributed by atoms with Gasteiger partial charge in [-0.3, -0.25) is 4.79 Å². The summed E-state index contributed by atoms with van der Waals surface area (Å²) in [5.74, 6) is -0.839. The fraction of sp³-hybridized carbons (Fsp3) is 0.538. The molecule has 2 atom stereocenters. The monoisotopic (exact) mass is 282 g/mol. The highest BCUT2D eigenvalue weighted by Crippen LogP contribution is 2.38. The highest BCUT2D eigenvalue weighted by Gasteiger charge is 2.45. The van der Waals surface area contributed by atoms with E-state index < -0.39 is 11.4 Å². The molecule has 0 aliphatic heterocycles. The summed E-state index contributed by atoms with van der Waals surface area (Å²) in [6, 6.07) is 3.28. The van der Waals surface area contributed by atoms with Gasteiger partial charge in [0.1, 0.15) is 0 Å². The van der Waals surface area contributed by atoms with Crippen LogP contribution in [0.2, 0.25) is 0 Å². The van der Waals surface area contributed by atoms with Gasteiger partial charge in [-0.25, -0.2) is 4.79 Å². The van der Waals surface area contributed by atoms with Gasteiger partial charge in [-0.05, 0) is 31.2 Å². The Kier molecular flexibility index (Phi) is 4.09. The van der Waals surface area contributed by atoms with E-state index in [9.17, 15) is 14.7 Å². The van der Waals surface area contributed by atoms with Crippen LogP contribution in [0.1, 0.15) is 31.1 Å². The molecule has 1 aromatic heterocycles. The molecule has 0 saturated heterocycles. The molecule has 2 amide bonds. The van der Waals surface area contributed by atoms with E-state index in [1.54, 1.807) is 18.3 Å². The third kappa shape index (κ3) is 3.07. The summed E-state index contributed by atoms with van der Waals surface area (Å²) in [6.45, 7) is 2.17. The van der Waals surface area contributed by atoms with E-state index >= 15 is 0 Å². The minimum absolute atomic E-state index is 0.298. The van der Waals surface area contributed by atoms with Crippen molar-refractivity contribution >= 4 is 23.3 Å². The fourth-order valence-corrected chi connectivity index (χ4v) is 3.09. The highest BCUT2D eigenvalue weighted by atomic mass is 32.1. The largest absolute Gasteiger partial charge is 0.481 e. The topological polar surface area (TPSA) is 78.4 Å². The summed E-state index contributed by atoms with van der Waals surface area (Å²) in [5, 5.41) is 16.8. The second-order valence-electron chi connectivity index (χ2n) is 5.07. The maximum Gasteiger partial charge on any atom is 0.315 e. The molecular weight excluding hydrogens is 264 g/mol. The van der Waals surface area contributed by atoms with Gasteiger partial charge in [0.15, 0.2) is 0 Å². The Morgan fingerprint density at radius 3 is 3.00 bits per heavy atom. The Morgan fingerprint density at radius 1 is 1.58 bits per heavy atom. The maximum atomic E-state index is 11.8. The molecule has 5 nitrogen and oxygen atoms in total. The summed E-state index contributed by atoms with van der Waals surface area (Å²) >= 11 is 1.58. The molecule has 0 aromatic carbocycles. The first-order chi connectivity index (χ1) is 9.02. The second-order valence-corrected chi connectivity index (χ2v) is 6.11. The molecule has 0 radical (unpaired) electrons. The fourth-order valence-electron chi connectivity index (χ4n) is 2.44. The van der Waals surface area contributed by atoms with Crippen LogP contribution in [0.5, 0.6) is 0 Å². The van der Waals surface area contributed by atoms with Crippen LogP contribution in [0.25, 0.3) is 0 Å². The lowest BCUT2D eigenvalue weighted by molar-refractivity contribution is -0.148. The van der Waals surface area contributed by atoms with Crippen LogP contribution in [-0.2, 0) is 11.3 Å². The number of amides is 2. The van der Waals surface area contributed by atoms with E-state index in [4.69, 9.17) is 0 Å². The number of nitrogens with one attached hydrogen (secondary N) is 2. The predicted molar refractivity (Wildman–Crippen MR) is 73.1 cm³/mol. The number of hydrogen-bond donors (Lipinski definition) is 3. The van der Waals surface area contributed by atoms with Crippen molar-refractivity contribution in [3.8, 4) is 0 Å². The van der Waals surface area contributed by atoms with Gasteiger partial charge >= 0.3 is 12.0 Å². The predicted octanol–water partition coefficient (Wildman–Crippen LogP) is 2.19. The number of carbonyl (C=O) groups is 2. The first-order valence-electron chi connectivity index (χ1n) is 6.32. The van der Waals surface area contributed by atoms with Crippen molar-refractivity contribution < 1.29 is 14.7 Å². The van der Waals surface area contributed by atoms with Crippen molar-refractivity contribution in [1.82, 2.24) is 10.6 Å². The molecule has 2 unspecified atom stereocenters. The third-order valence-corrected chi connectivity index (χ3v) is 4.63. The molecule has 1 heterocycles. The molecule has 0 spiro atoms. The molecule has 19 heavy (non-hydrogen) atoms. The first-order valence-corrected chi connectivity index (χ1v) is 7.20. The average molecular weight is 282 g/mol. The minimum Gasteiger partial charge on any atom is -0.481 e. The molecule has 1 saturated carbocycles. The number of thiophene rings is 1. The lowest BCUT2D eigenvalue weighted by Crippen LogP contribution is -2.50. The maximum absolute atomic E-state index is 11.8. The minimum atomic E-state index is -0.847. The second kappa shape index (κ2) is 5.61. The number of hydrogen-bond acceptors (Lipinski definition) is 3.